The third-order valence-corrected chi connectivity index (χ3v) is 6.85. The Labute approximate surface area is 204 Å². The summed E-state index contributed by atoms with van der Waals surface area (Å²) in [5.41, 5.74) is 0.798. The smallest absolute Gasteiger partial charge is 0.325 e. The van der Waals surface area contributed by atoms with Crippen molar-refractivity contribution in [2.75, 3.05) is 23.9 Å². The first kappa shape index (κ1) is 22.4. The van der Waals surface area contributed by atoms with E-state index in [0.717, 1.165) is 5.56 Å². The number of benzene rings is 2. The van der Waals surface area contributed by atoms with Crippen LogP contribution in [0.15, 0.2) is 42.5 Å². The van der Waals surface area contributed by atoms with Crippen LogP contribution in [-0.2, 0) is 24.5 Å². The van der Waals surface area contributed by atoms with Gasteiger partial charge in [0.1, 0.15) is 17.7 Å². The Hall–Kier alpha value is -3.43. The Morgan fingerprint density at radius 3 is 2.59 bits per heavy atom. The van der Waals surface area contributed by atoms with Crippen molar-refractivity contribution < 1.29 is 19.1 Å². The lowest BCUT2D eigenvalue weighted by molar-refractivity contribution is -0.140. The first-order valence-electron chi connectivity index (χ1n) is 10.5. The number of rotatable bonds is 4. The van der Waals surface area contributed by atoms with Crippen LogP contribution in [0, 0.1) is 0 Å². The highest BCUT2D eigenvalue weighted by Crippen LogP contribution is 2.51. The van der Waals surface area contributed by atoms with Crippen molar-refractivity contribution in [2.24, 2.45) is 0 Å². The summed E-state index contributed by atoms with van der Waals surface area (Å²) < 4.78 is 6.34. The van der Waals surface area contributed by atoms with Gasteiger partial charge in [0.25, 0.3) is 0 Å². The summed E-state index contributed by atoms with van der Waals surface area (Å²) in [7, 11) is 1.24. The lowest BCUT2D eigenvalue weighted by Crippen LogP contribution is -2.50. The number of aromatic nitrogens is 3. The number of amides is 2. The molecule has 174 valence electrons. The molecule has 2 aromatic carbocycles. The minimum absolute atomic E-state index is 0.232. The van der Waals surface area contributed by atoms with Crippen LogP contribution in [0.4, 0.5) is 11.5 Å². The highest BCUT2D eigenvalue weighted by atomic mass is 35.5. The SMILES string of the molecule is COC(=O)CN1C(=O)C[C@]2(C(=O)Nc3ccc(Cl)cc32)c2nnn(C(C)c3ccc(Cl)cc3)c21. The van der Waals surface area contributed by atoms with Crippen molar-refractivity contribution in [2.45, 2.75) is 24.8 Å². The van der Waals surface area contributed by atoms with Crippen LogP contribution in [0.2, 0.25) is 10.0 Å². The van der Waals surface area contributed by atoms with Crippen molar-refractivity contribution in [3.8, 4) is 0 Å². The average Bonchev–Trinajstić information content (AvgIpc) is 3.37. The van der Waals surface area contributed by atoms with Crippen LogP contribution in [0.1, 0.15) is 36.2 Å². The third kappa shape index (κ3) is 3.26. The van der Waals surface area contributed by atoms with Gasteiger partial charge in [-0.05, 0) is 48.4 Å². The first-order chi connectivity index (χ1) is 16.3. The number of nitrogens with zero attached hydrogens (tertiary/aromatic N) is 4. The maximum Gasteiger partial charge on any atom is 0.325 e. The molecule has 2 atom stereocenters. The molecule has 0 bridgehead atoms. The summed E-state index contributed by atoms with van der Waals surface area (Å²) >= 11 is 12.3. The van der Waals surface area contributed by atoms with E-state index in [9.17, 15) is 14.4 Å². The summed E-state index contributed by atoms with van der Waals surface area (Å²) in [6.45, 7) is 1.53. The second kappa shape index (κ2) is 8.11. The molecule has 0 fully saturated rings. The molecular weight excluding hydrogens is 481 g/mol. The molecule has 1 N–H and O–H groups in total. The minimum atomic E-state index is -1.42. The number of anilines is 2. The van der Waals surface area contributed by atoms with Crippen molar-refractivity contribution in [1.82, 2.24) is 15.0 Å². The molecule has 34 heavy (non-hydrogen) atoms. The number of hydrogen-bond acceptors (Lipinski definition) is 6. The molecule has 1 unspecified atom stereocenters. The number of hydrogen-bond donors (Lipinski definition) is 1. The fourth-order valence-electron chi connectivity index (χ4n) is 4.58. The average molecular weight is 500 g/mol. The van der Waals surface area contributed by atoms with Gasteiger partial charge in [0.05, 0.1) is 19.6 Å². The molecular formula is C23H19Cl2N5O4. The van der Waals surface area contributed by atoms with Crippen LogP contribution < -0.4 is 10.2 Å². The van der Waals surface area contributed by atoms with Gasteiger partial charge in [-0.1, -0.05) is 40.5 Å². The Bertz CT molecular complexity index is 1340. The molecule has 5 rings (SSSR count). The van der Waals surface area contributed by atoms with Crippen LogP contribution in [0.25, 0.3) is 0 Å². The number of halogens is 2. The van der Waals surface area contributed by atoms with Crippen LogP contribution in [0.3, 0.4) is 0 Å². The Morgan fingerprint density at radius 2 is 1.88 bits per heavy atom. The lowest BCUT2D eigenvalue weighted by Gasteiger charge is -2.36. The molecule has 0 aliphatic carbocycles. The van der Waals surface area contributed by atoms with E-state index in [1.54, 1.807) is 30.3 Å². The molecule has 3 heterocycles. The summed E-state index contributed by atoms with van der Waals surface area (Å²) in [5.74, 6) is -1.19. The predicted molar refractivity (Wildman–Crippen MR) is 125 cm³/mol. The number of ether oxygens (including phenoxy) is 1. The normalized spacial score (nSPS) is 19.6. The van der Waals surface area contributed by atoms with Crippen LogP contribution >= 0.6 is 23.2 Å². The van der Waals surface area contributed by atoms with Crippen LogP contribution in [-0.4, -0.2) is 46.4 Å². The van der Waals surface area contributed by atoms with Gasteiger partial charge in [-0.15, -0.1) is 5.10 Å². The predicted octanol–water partition coefficient (Wildman–Crippen LogP) is 3.34. The van der Waals surface area contributed by atoms with Gasteiger partial charge in [0.2, 0.25) is 11.8 Å². The molecule has 1 spiro atoms. The fourth-order valence-corrected chi connectivity index (χ4v) is 4.88. The van der Waals surface area contributed by atoms with Crippen molar-refractivity contribution in [3.05, 3.63) is 69.3 Å². The monoisotopic (exact) mass is 499 g/mol. The number of nitrogens with one attached hydrogen (secondary N) is 1. The zero-order valence-corrected chi connectivity index (χ0v) is 19.7. The molecule has 9 nitrogen and oxygen atoms in total. The van der Waals surface area contributed by atoms with Crippen molar-refractivity contribution in [3.63, 3.8) is 0 Å². The maximum atomic E-state index is 13.5. The van der Waals surface area contributed by atoms with E-state index in [0.29, 0.717) is 21.3 Å². The number of fused-ring (bicyclic) bond motifs is 4. The second-order valence-corrected chi connectivity index (χ2v) is 9.09. The number of esters is 1. The van der Waals surface area contributed by atoms with Crippen molar-refractivity contribution in [1.29, 1.82) is 0 Å². The highest BCUT2D eigenvalue weighted by Gasteiger charge is 2.58. The summed E-state index contributed by atoms with van der Waals surface area (Å²) in [6, 6.07) is 11.8. The Kier molecular flexibility index (Phi) is 5.33. The van der Waals surface area contributed by atoms with E-state index < -0.39 is 23.2 Å². The van der Waals surface area contributed by atoms with E-state index in [2.05, 4.69) is 15.6 Å². The molecule has 2 aliphatic rings. The van der Waals surface area contributed by atoms with E-state index in [1.165, 1.54) is 16.7 Å². The minimum Gasteiger partial charge on any atom is -0.468 e. The quantitative estimate of drug-likeness (QED) is 0.551. The highest BCUT2D eigenvalue weighted by molar-refractivity contribution is 6.31. The topological polar surface area (TPSA) is 106 Å². The summed E-state index contributed by atoms with van der Waals surface area (Å²) in [5, 5.41) is 12.6. The van der Waals surface area contributed by atoms with E-state index in [1.807, 2.05) is 19.1 Å². The van der Waals surface area contributed by atoms with E-state index >= 15 is 0 Å². The molecule has 2 amide bonds. The molecule has 0 radical (unpaired) electrons. The molecule has 0 saturated carbocycles. The molecule has 11 heteroatoms. The van der Waals surface area contributed by atoms with Gasteiger partial charge >= 0.3 is 5.97 Å². The maximum absolute atomic E-state index is 13.5. The van der Waals surface area contributed by atoms with E-state index in [-0.39, 0.29) is 30.5 Å². The molecule has 0 saturated heterocycles. The third-order valence-electron chi connectivity index (χ3n) is 6.36. The summed E-state index contributed by atoms with van der Waals surface area (Å²) in [4.78, 5) is 40.3. The Morgan fingerprint density at radius 1 is 1.18 bits per heavy atom. The van der Waals surface area contributed by atoms with Gasteiger partial charge in [-0.25, -0.2) is 4.68 Å². The number of carbonyl (C=O) groups excluding carboxylic acids is 3. The number of carbonyl (C=O) groups is 3. The zero-order valence-electron chi connectivity index (χ0n) is 18.2. The van der Waals surface area contributed by atoms with E-state index in [4.69, 9.17) is 27.9 Å². The molecule has 3 aromatic rings. The van der Waals surface area contributed by atoms with Crippen molar-refractivity contribution >= 4 is 52.5 Å². The molecule has 2 aliphatic heterocycles. The molecule has 1 aromatic heterocycles. The van der Waals surface area contributed by atoms with Gasteiger partial charge in [-0.3, -0.25) is 19.3 Å². The number of methoxy groups -OCH3 is 1. The second-order valence-electron chi connectivity index (χ2n) is 8.22. The lowest BCUT2D eigenvalue weighted by atomic mass is 9.73. The standard InChI is InChI=1S/C23H19Cl2N5O4/c1-12(13-3-5-14(24)6-4-13)30-21-20(27-28-30)23(10-18(31)29(21)11-19(32)34-2)16-9-15(25)7-8-17(16)26-22(23)33/h3-9,12H,10-11H2,1-2H3,(H,26,33)/t12?,23-/m1/s1. The fraction of sp³-hybridized carbons (Fsp3) is 0.261. The van der Waals surface area contributed by atoms with Gasteiger partial charge in [-0.2, -0.15) is 0 Å². The van der Waals surface area contributed by atoms with Crippen LogP contribution in [0.5, 0.6) is 0 Å². The Balaban J connectivity index is 1.73. The summed E-state index contributed by atoms with van der Waals surface area (Å²) in [6.07, 6.45) is -0.232. The van der Waals surface area contributed by atoms with Gasteiger partial charge < -0.3 is 10.1 Å². The van der Waals surface area contributed by atoms with Gasteiger partial charge in [0, 0.05) is 15.7 Å². The zero-order chi connectivity index (χ0) is 24.2. The largest absolute Gasteiger partial charge is 0.468 e. The first-order valence-corrected chi connectivity index (χ1v) is 11.2. The van der Waals surface area contributed by atoms with Gasteiger partial charge in [0.15, 0.2) is 5.82 Å².